The van der Waals surface area contributed by atoms with Gasteiger partial charge in [0.25, 0.3) is 0 Å². The second-order valence-corrected chi connectivity index (χ2v) is 21.4. The Morgan fingerprint density at radius 1 is 0.241 bits per heavy atom. The van der Waals surface area contributed by atoms with E-state index in [2.05, 4.69) is 290 Å². The number of hydrogen-bond donors (Lipinski definition) is 0. The predicted molar refractivity (Wildman–Crippen MR) is 322 cm³/mol. The number of nitrogens with zero attached hydrogens (tertiary/aromatic N) is 1. The molecule has 0 amide bonds. The quantitative estimate of drug-likeness (QED) is 0.171. The molecule has 79 heavy (non-hydrogen) atoms. The molecule has 13 aromatic carbocycles. The van der Waals surface area contributed by atoms with Gasteiger partial charge in [-0.2, -0.15) is 0 Å². The minimum atomic E-state index is -0.629. The highest BCUT2D eigenvalue weighted by Gasteiger charge is 2.53. The molecule has 17 rings (SSSR count). The molecule has 0 N–H and O–H groups in total. The topological polar surface area (TPSA) is 21.7 Å². The maximum atomic E-state index is 6.79. The molecule has 0 aromatic heterocycles. The molecule has 4 aliphatic rings. The normalized spacial score (nSPS) is 14.0. The molecular formula is C76H47NO2. The van der Waals surface area contributed by atoms with Gasteiger partial charge in [-0.1, -0.05) is 224 Å². The smallest absolute Gasteiger partial charge is 0.132 e. The summed E-state index contributed by atoms with van der Waals surface area (Å²) in [6.45, 7) is 0. The minimum absolute atomic E-state index is 0.596. The summed E-state index contributed by atoms with van der Waals surface area (Å²) in [6, 6.07) is 105. The van der Waals surface area contributed by atoms with Gasteiger partial charge in [-0.3, -0.25) is 0 Å². The molecule has 2 aliphatic carbocycles. The van der Waals surface area contributed by atoms with E-state index in [1.165, 1.54) is 77.4 Å². The first-order chi connectivity index (χ1) is 39.2. The van der Waals surface area contributed by atoms with Crippen molar-refractivity contribution >= 4 is 38.6 Å². The third-order valence-electron chi connectivity index (χ3n) is 17.6. The second-order valence-electron chi connectivity index (χ2n) is 21.4. The third kappa shape index (κ3) is 6.07. The van der Waals surface area contributed by atoms with Crippen LogP contribution in [-0.2, 0) is 10.8 Å². The zero-order chi connectivity index (χ0) is 51.8. The van der Waals surface area contributed by atoms with Crippen molar-refractivity contribution in [1.82, 2.24) is 0 Å². The number of rotatable bonds is 5. The summed E-state index contributed by atoms with van der Waals surface area (Å²) < 4.78 is 13.5. The van der Waals surface area contributed by atoms with Gasteiger partial charge in [-0.25, -0.2) is 0 Å². The van der Waals surface area contributed by atoms with Crippen molar-refractivity contribution in [2.24, 2.45) is 0 Å². The van der Waals surface area contributed by atoms with Crippen LogP contribution in [0.4, 0.5) is 17.1 Å². The molecule has 13 aromatic rings. The molecule has 3 heteroatoms. The minimum Gasteiger partial charge on any atom is -0.457 e. The van der Waals surface area contributed by atoms with Crippen LogP contribution < -0.4 is 14.4 Å². The van der Waals surface area contributed by atoms with Gasteiger partial charge < -0.3 is 14.4 Å². The first-order valence-corrected chi connectivity index (χ1v) is 27.3. The molecule has 0 saturated heterocycles. The fourth-order valence-corrected chi connectivity index (χ4v) is 14.4. The highest BCUT2D eigenvalue weighted by Crippen LogP contribution is 2.65. The van der Waals surface area contributed by atoms with E-state index < -0.39 is 10.8 Å². The largest absolute Gasteiger partial charge is 0.457 e. The Hall–Kier alpha value is -10.2. The van der Waals surface area contributed by atoms with Crippen LogP contribution in [0, 0.1) is 0 Å². The molecule has 0 fully saturated rings. The molecule has 2 spiro atoms. The first-order valence-electron chi connectivity index (χ1n) is 27.3. The lowest BCUT2D eigenvalue weighted by Crippen LogP contribution is -2.32. The van der Waals surface area contributed by atoms with E-state index in [1.54, 1.807) is 0 Å². The van der Waals surface area contributed by atoms with Crippen LogP contribution in [0.5, 0.6) is 23.0 Å². The van der Waals surface area contributed by atoms with Crippen molar-refractivity contribution in [3.8, 4) is 67.5 Å². The number of hydrogen-bond acceptors (Lipinski definition) is 3. The number of para-hydroxylation sites is 4. The van der Waals surface area contributed by atoms with Crippen molar-refractivity contribution < 1.29 is 9.47 Å². The molecule has 2 aliphatic heterocycles. The van der Waals surface area contributed by atoms with Crippen LogP contribution in [0.25, 0.3) is 66.1 Å². The van der Waals surface area contributed by atoms with Crippen LogP contribution in [0.15, 0.2) is 285 Å². The van der Waals surface area contributed by atoms with Gasteiger partial charge >= 0.3 is 0 Å². The van der Waals surface area contributed by atoms with Crippen LogP contribution in [-0.4, -0.2) is 0 Å². The Morgan fingerprint density at radius 3 is 1.13 bits per heavy atom. The van der Waals surface area contributed by atoms with Gasteiger partial charge in [-0.15, -0.1) is 0 Å². The van der Waals surface area contributed by atoms with E-state index >= 15 is 0 Å². The monoisotopic (exact) mass is 1010 g/mol. The predicted octanol–water partition coefficient (Wildman–Crippen LogP) is 19.7. The lowest BCUT2D eigenvalue weighted by atomic mass is 9.65. The Labute approximate surface area is 458 Å². The molecule has 0 bridgehead atoms. The molecule has 2 heterocycles. The second kappa shape index (κ2) is 16.6. The SMILES string of the molecule is c1ccc(-c2ccc(-c3ccc(N(c4ccc5c6c(ccc5c4)-c4ccccc4C64c5ccccc5Oc5ccccc54)c4ccc5ccc6c(c5c4)C4(c5ccccc5Oc5ccccc54)c4ccccc4-6)cc3)cc2)cc1. The van der Waals surface area contributed by atoms with E-state index in [0.29, 0.717) is 0 Å². The summed E-state index contributed by atoms with van der Waals surface area (Å²) in [5.41, 5.74) is 21.5. The van der Waals surface area contributed by atoms with Crippen molar-refractivity contribution in [3.63, 3.8) is 0 Å². The maximum Gasteiger partial charge on any atom is 0.132 e. The Kier molecular flexibility index (Phi) is 9.26. The average Bonchev–Trinajstić information content (AvgIpc) is 4.20. The van der Waals surface area contributed by atoms with Crippen molar-refractivity contribution in [2.45, 2.75) is 10.8 Å². The van der Waals surface area contributed by atoms with Gasteiger partial charge in [0.1, 0.15) is 23.0 Å². The average molecular weight is 1010 g/mol. The molecule has 0 atom stereocenters. The first kappa shape index (κ1) is 44.0. The summed E-state index contributed by atoms with van der Waals surface area (Å²) in [5, 5.41) is 4.76. The van der Waals surface area contributed by atoms with Crippen molar-refractivity contribution in [3.05, 3.63) is 330 Å². The number of fused-ring (bicyclic) bond motifs is 22. The lowest BCUT2D eigenvalue weighted by molar-refractivity contribution is 0.436. The summed E-state index contributed by atoms with van der Waals surface area (Å²) in [5.74, 6) is 3.54. The van der Waals surface area contributed by atoms with Crippen LogP contribution in [0.2, 0.25) is 0 Å². The van der Waals surface area contributed by atoms with Gasteiger partial charge in [0.05, 0.1) is 10.8 Å². The molecule has 368 valence electrons. The van der Waals surface area contributed by atoms with E-state index in [-0.39, 0.29) is 0 Å². The molecule has 0 radical (unpaired) electrons. The fraction of sp³-hybridized carbons (Fsp3) is 0.0263. The Balaban J connectivity index is 0.890. The van der Waals surface area contributed by atoms with Gasteiger partial charge in [0, 0.05) is 39.3 Å². The van der Waals surface area contributed by atoms with Crippen molar-refractivity contribution in [1.29, 1.82) is 0 Å². The van der Waals surface area contributed by atoms with Crippen LogP contribution in [0.1, 0.15) is 44.5 Å². The van der Waals surface area contributed by atoms with Crippen molar-refractivity contribution in [2.75, 3.05) is 4.90 Å². The highest BCUT2D eigenvalue weighted by molar-refractivity contribution is 6.05. The summed E-state index contributed by atoms with van der Waals surface area (Å²) in [7, 11) is 0. The molecular weight excluding hydrogens is 959 g/mol. The van der Waals surface area contributed by atoms with E-state index in [0.717, 1.165) is 73.3 Å². The van der Waals surface area contributed by atoms with Gasteiger partial charge in [-0.05, 0) is 149 Å². The van der Waals surface area contributed by atoms with E-state index in [4.69, 9.17) is 9.47 Å². The number of anilines is 3. The maximum absolute atomic E-state index is 6.79. The number of ether oxygens (including phenoxy) is 2. The highest BCUT2D eigenvalue weighted by atomic mass is 16.5. The van der Waals surface area contributed by atoms with E-state index in [1.807, 2.05) is 0 Å². The zero-order valence-electron chi connectivity index (χ0n) is 42.9. The fourth-order valence-electron chi connectivity index (χ4n) is 14.4. The third-order valence-corrected chi connectivity index (χ3v) is 17.6. The number of benzene rings is 13. The van der Waals surface area contributed by atoms with E-state index in [9.17, 15) is 0 Å². The van der Waals surface area contributed by atoms with Gasteiger partial charge in [0.15, 0.2) is 0 Å². The Morgan fingerprint density at radius 2 is 0.608 bits per heavy atom. The standard InChI is InChI=1S/C76H47NO2/c1-2-16-48(17-3-1)49-30-32-50(33-31-49)51-34-39-54(40-35-51)77(55-42-45-57-53(46-55)38-44-60-58-18-4-6-20-63(58)75(73(57)60)65-22-8-12-26-69(65)78-70-27-13-9-23-66(70)75)56-41-36-52-37-43-61-59-19-5-7-21-64(59)76(74(61)62(52)47-56)67-24-10-14-28-71(67)79-72-29-15-11-25-68(72)76/h1-47H. The van der Waals surface area contributed by atoms with Gasteiger partial charge in [0.2, 0.25) is 0 Å². The molecule has 3 nitrogen and oxygen atoms in total. The Bertz CT molecular complexity index is 4580. The molecule has 0 unspecified atom stereocenters. The molecule has 0 saturated carbocycles. The summed E-state index contributed by atoms with van der Waals surface area (Å²) >= 11 is 0. The lowest BCUT2D eigenvalue weighted by Gasteiger charge is -2.40. The van der Waals surface area contributed by atoms with Crippen LogP contribution in [0.3, 0.4) is 0 Å². The summed E-state index contributed by atoms with van der Waals surface area (Å²) in [6.07, 6.45) is 0. The summed E-state index contributed by atoms with van der Waals surface area (Å²) in [4.78, 5) is 2.46. The van der Waals surface area contributed by atoms with Crippen LogP contribution >= 0.6 is 0 Å². The zero-order valence-corrected chi connectivity index (χ0v) is 42.9.